The van der Waals surface area contributed by atoms with Gasteiger partial charge >= 0.3 is 0 Å². The van der Waals surface area contributed by atoms with Gasteiger partial charge in [-0.05, 0) is 57.5 Å². The quantitative estimate of drug-likeness (QED) is 0.736. The molecular formula is C17H27N3O3S. The largest absolute Gasteiger partial charge is 0.356 e. The highest BCUT2D eigenvalue weighted by Crippen LogP contribution is 2.18. The van der Waals surface area contributed by atoms with Gasteiger partial charge in [0.05, 0.1) is 4.90 Å². The molecule has 0 saturated carbocycles. The molecule has 6 nitrogen and oxygen atoms in total. The van der Waals surface area contributed by atoms with E-state index >= 15 is 0 Å². The third kappa shape index (κ3) is 6.22. The molecule has 134 valence electrons. The lowest BCUT2D eigenvalue weighted by molar-refractivity contribution is -0.120. The molecule has 0 bridgehead atoms. The molecule has 24 heavy (non-hydrogen) atoms. The third-order valence-corrected chi connectivity index (χ3v) is 5.89. The van der Waals surface area contributed by atoms with E-state index in [1.54, 1.807) is 18.2 Å². The number of hydrogen-bond donors (Lipinski definition) is 2. The van der Waals surface area contributed by atoms with Crippen LogP contribution < -0.4 is 10.0 Å². The van der Waals surface area contributed by atoms with Crippen molar-refractivity contribution in [2.75, 3.05) is 33.2 Å². The molecule has 1 aliphatic rings. The predicted octanol–water partition coefficient (Wildman–Crippen LogP) is 1.20. The van der Waals surface area contributed by atoms with Crippen LogP contribution in [0.25, 0.3) is 0 Å². The summed E-state index contributed by atoms with van der Waals surface area (Å²) in [6.07, 6.45) is 3.52. The second-order valence-corrected chi connectivity index (χ2v) is 8.11. The lowest BCUT2D eigenvalue weighted by atomic mass is 9.94. The van der Waals surface area contributed by atoms with Crippen molar-refractivity contribution in [3.8, 4) is 0 Å². The third-order valence-electron chi connectivity index (χ3n) is 4.41. The van der Waals surface area contributed by atoms with Crippen LogP contribution in [0.5, 0.6) is 0 Å². The monoisotopic (exact) mass is 353 g/mol. The minimum atomic E-state index is -3.53. The Morgan fingerprint density at radius 1 is 1.17 bits per heavy atom. The first-order valence-electron chi connectivity index (χ1n) is 8.47. The van der Waals surface area contributed by atoms with Gasteiger partial charge in [0.15, 0.2) is 0 Å². The molecule has 1 amide bonds. The molecule has 2 N–H and O–H groups in total. The fourth-order valence-corrected chi connectivity index (χ4v) is 3.89. The van der Waals surface area contributed by atoms with Gasteiger partial charge in [-0.1, -0.05) is 18.2 Å². The fraction of sp³-hybridized carbons (Fsp3) is 0.588. The Kier molecular flexibility index (Phi) is 7.20. The van der Waals surface area contributed by atoms with Crippen LogP contribution in [0.4, 0.5) is 0 Å². The van der Waals surface area contributed by atoms with Gasteiger partial charge in [0.1, 0.15) is 0 Å². The number of rotatable bonds is 8. The molecule has 1 heterocycles. The van der Waals surface area contributed by atoms with Crippen molar-refractivity contribution in [3.05, 3.63) is 30.3 Å². The zero-order valence-electron chi connectivity index (χ0n) is 14.2. The van der Waals surface area contributed by atoms with Crippen LogP contribution in [0, 0.1) is 5.92 Å². The van der Waals surface area contributed by atoms with E-state index in [1.165, 1.54) is 25.0 Å². The van der Waals surface area contributed by atoms with Crippen LogP contribution >= 0.6 is 0 Å². The molecule has 1 aromatic rings. The summed E-state index contributed by atoms with van der Waals surface area (Å²) in [5, 5.41) is 2.88. The predicted molar refractivity (Wildman–Crippen MR) is 94.1 cm³/mol. The molecule has 1 aliphatic heterocycles. The van der Waals surface area contributed by atoms with Gasteiger partial charge in [-0.15, -0.1) is 0 Å². The molecule has 0 radical (unpaired) electrons. The van der Waals surface area contributed by atoms with Crippen LogP contribution in [0.3, 0.4) is 0 Å². The number of hydrogen-bond acceptors (Lipinski definition) is 4. The van der Waals surface area contributed by atoms with E-state index in [0.717, 1.165) is 19.5 Å². The van der Waals surface area contributed by atoms with E-state index in [-0.39, 0.29) is 23.8 Å². The Bertz CT molecular complexity index is 611. The van der Waals surface area contributed by atoms with Gasteiger partial charge in [-0.25, -0.2) is 13.1 Å². The number of piperidine rings is 1. The van der Waals surface area contributed by atoms with E-state index in [2.05, 4.69) is 22.0 Å². The SMILES string of the molecule is CN1CCC(CCNC(=O)CCNS(=O)(=O)c2ccccc2)CC1. The number of nitrogens with one attached hydrogen (secondary N) is 2. The number of carbonyl (C=O) groups excluding carboxylic acids is 1. The Morgan fingerprint density at radius 3 is 2.50 bits per heavy atom. The normalized spacial score (nSPS) is 16.9. The van der Waals surface area contributed by atoms with Crippen molar-refractivity contribution in [3.63, 3.8) is 0 Å². The van der Waals surface area contributed by atoms with E-state index in [9.17, 15) is 13.2 Å². The van der Waals surface area contributed by atoms with E-state index in [1.807, 2.05) is 0 Å². The Hall–Kier alpha value is -1.44. The number of nitrogens with zero attached hydrogens (tertiary/aromatic N) is 1. The topological polar surface area (TPSA) is 78.5 Å². The van der Waals surface area contributed by atoms with Crippen LogP contribution in [0.2, 0.25) is 0 Å². The molecule has 1 saturated heterocycles. The molecule has 0 aromatic heterocycles. The second kappa shape index (κ2) is 9.15. The summed E-state index contributed by atoms with van der Waals surface area (Å²) in [6.45, 7) is 3.02. The maximum Gasteiger partial charge on any atom is 0.240 e. The molecular weight excluding hydrogens is 326 g/mol. The highest BCUT2D eigenvalue weighted by Gasteiger charge is 2.17. The molecule has 1 aromatic carbocycles. The van der Waals surface area contributed by atoms with Crippen LogP contribution in [0.15, 0.2) is 35.2 Å². The highest BCUT2D eigenvalue weighted by atomic mass is 32.2. The lowest BCUT2D eigenvalue weighted by Gasteiger charge is -2.28. The average molecular weight is 353 g/mol. The van der Waals surface area contributed by atoms with Crippen LogP contribution in [-0.2, 0) is 14.8 Å². The maximum absolute atomic E-state index is 12.0. The number of likely N-dealkylation sites (tertiary alicyclic amines) is 1. The summed E-state index contributed by atoms with van der Waals surface area (Å²) in [7, 11) is -1.40. The van der Waals surface area contributed by atoms with Gasteiger partial charge in [-0.2, -0.15) is 0 Å². The fourth-order valence-electron chi connectivity index (χ4n) is 2.84. The molecule has 0 unspecified atom stereocenters. The van der Waals surface area contributed by atoms with Crippen molar-refractivity contribution < 1.29 is 13.2 Å². The number of carbonyl (C=O) groups is 1. The summed E-state index contributed by atoms with van der Waals surface area (Å²) in [6, 6.07) is 8.17. The first-order chi connectivity index (χ1) is 11.5. The summed E-state index contributed by atoms with van der Waals surface area (Å²) in [5.74, 6) is 0.566. The van der Waals surface area contributed by atoms with Crippen molar-refractivity contribution in [2.45, 2.75) is 30.6 Å². The van der Waals surface area contributed by atoms with Gasteiger partial charge in [0.2, 0.25) is 15.9 Å². The maximum atomic E-state index is 12.0. The van der Waals surface area contributed by atoms with Crippen molar-refractivity contribution in [2.24, 2.45) is 5.92 Å². The second-order valence-electron chi connectivity index (χ2n) is 6.35. The minimum absolute atomic E-state index is 0.108. The van der Waals surface area contributed by atoms with Gasteiger partial charge in [0.25, 0.3) is 0 Å². The van der Waals surface area contributed by atoms with E-state index in [4.69, 9.17) is 0 Å². The first-order valence-corrected chi connectivity index (χ1v) is 9.95. The summed E-state index contributed by atoms with van der Waals surface area (Å²) in [4.78, 5) is 14.3. The number of sulfonamides is 1. The minimum Gasteiger partial charge on any atom is -0.356 e. The molecule has 1 fully saturated rings. The van der Waals surface area contributed by atoms with Crippen LogP contribution in [-0.4, -0.2) is 52.5 Å². The smallest absolute Gasteiger partial charge is 0.240 e. The molecule has 2 rings (SSSR count). The summed E-state index contributed by atoms with van der Waals surface area (Å²) < 4.78 is 26.5. The molecule has 0 spiro atoms. The molecule has 7 heteroatoms. The van der Waals surface area contributed by atoms with Gasteiger partial charge in [0, 0.05) is 19.5 Å². The Morgan fingerprint density at radius 2 is 1.83 bits per heavy atom. The van der Waals surface area contributed by atoms with Crippen LogP contribution in [0.1, 0.15) is 25.7 Å². The summed E-state index contributed by atoms with van der Waals surface area (Å²) >= 11 is 0. The summed E-state index contributed by atoms with van der Waals surface area (Å²) in [5.41, 5.74) is 0. The zero-order valence-corrected chi connectivity index (χ0v) is 15.0. The van der Waals surface area contributed by atoms with Crippen molar-refractivity contribution >= 4 is 15.9 Å². The Balaban J connectivity index is 1.61. The highest BCUT2D eigenvalue weighted by molar-refractivity contribution is 7.89. The standard InChI is InChI=1S/C17H27N3O3S/c1-20-13-9-15(10-14-20)7-11-18-17(21)8-12-19-24(22,23)16-5-3-2-4-6-16/h2-6,15,19H,7-14H2,1H3,(H,18,21). The Labute approximate surface area is 144 Å². The van der Waals surface area contributed by atoms with Gasteiger partial charge in [-0.3, -0.25) is 4.79 Å². The first kappa shape index (κ1) is 18.9. The van der Waals surface area contributed by atoms with Crippen molar-refractivity contribution in [1.82, 2.24) is 14.9 Å². The lowest BCUT2D eigenvalue weighted by Crippen LogP contribution is -2.34. The number of amides is 1. The molecule has 0 aliphatic carbocycles. The van der Waals surface area contributed by atoms with Gasteiger partial charge < -0.3 is 10.2 Å². The zero-order chi connectivity index (χ0) is 17.4. The van der Waals surface area contributed by atoms with Crippen molar-refractivity contribution in [1.29, 1.82) is 0 Å². The average Bonchev–Trinajstić information content (AvgIpc) is 2.57. The van der Waals surface area contributed by atoms with E-state index < -0.39 is 10.0 Å². The number of benzene rings is 1. The van der Waals surface area contributed by atoms with E-state index in [0.29, 0.717) is 12.5 Å². The molecule has 0 atom stereocenters.